The zero-order valence-electron chi connectivity index (χ0n) is 9.21. The van der Waals surface area contributed by atoms with Crippen LogP contribution in [0.4, 0.5) is 8.78 Å². The highest BCUT2D eigenvalue weighted by Gasteiger charge is 2.23. The zero-order valence-corrected chi connectivity index (χ0v) is 9.21. The predicted molar refractivity (Wildman–Crippen MR) is 57.5 cm³/mol. The van der Waals surface area contributed by atoms with Crippen LogP contribution >= 0.6 is 0 Å². The van der Waals surface area contributed by atoms with Gasteiger partial charge in [0, 0.05) is 5.56 Å². The Labute approximate surface area is 93.0 Å². The van der Waals surface area contributed by atoms with E-state index in [4.69, 9.17) is 4.74 Å². The number of ether oxygens (including phenoxy) is 1. The van der Waals surface area contributed by atoms with Crippen LogP contribution in [0.25, 0.3) is 0 Å². The van der Waals surface area contributed by atoms with Gasteiger partial charge in [-0.2, -0.15) is 0 Å². The summed E-state index contributed by atoms with van der Waals surface area (Å²) < 4.78 is 31.1. The fourth-order valence-corrected chi connectivity index (χ4v) is 1.52. The van der Waals surface area contributed by atoms with Gasteiger partial charge in [-0.1, -0.05) is 13.8 Å². The second-order valence-corrected chi connectivity index (χ2v) is 4.19. The van der Waals surface area contributed by atoms with Crippen LogP contribution in [0.1, 0.15) is 19.4 Å². The molecule has 0 radical (unpaired) electrons. The van der Waals surface area contributed by atoms with Crippen molar-refractivity contribution in [2.75, 3.05) is 6.61 Å². The molecule has 86 valence electrons. The summed E-state index contributed by atoms with van der Waals surface area (Å²) in [6.07, 6.45) is 0. The molecular weight excluding hydrogens is 212 g/mol. The van der Waals surface area contributed by atoms with Crippen molar-refractivity contribution in [1.82, 2.24) is 0 Å². The lowest BCUT2D eigenvalue weighted by Gasteiger charge is -2.06. The van der Waals surface area contributed by atoms with E-state index in [1.807, 2.05) is 13.8 Å². The van der Waals surface area contributed by atoms with Crippen LogP contribution < -0.4 is 0 Å². The topological polar surface area (TPSA) is 21.6 Å². The fraction of sp³-hybridized carbons (Fsp3) is 0.417. The molecule has 1 atom stereocenters. The average Bonchev–Trinajstić information content (AvgIpc) is 2.71. The molecule has 1 aromatic carbocycles. The van der Waals surface area contributed by atoms with E-state index in [-0.39, 0.29) is 6.04 Å². The lowest BCUT2D eigenvalue weighted by atomic mass is 10.1. The van der Waals surface area contributed by atoms with E-state index in [0.717, 1.165) is 12.1 Å². The second kappa shape index (κ2) is 4.20. The molecule has 0 fully saturated rings. The number of rotatable bonds is 2. The first kappa shape index (κ1) is 11.0. The van der Waals surface area contributed by atoms with Crippen molar-refractivity contribution in [2.24, 2.45) is 10.9 Å². The molecule has 0 saturated heterocycles. The molecule has 0 aromatic heterocycles. The zero-order chi connectivity index (χ0) is 11.7. The smallest absolute Gasteiger partial charge is 0.216 e. The van der Waals surface area contributed by atoms with Crippen molar-refractivity contribution < 1.29 is 13.5 Å². The van der Waals surface area contributed by atoms with E-state index >= 15 is 0 Å². The SMILES string of the molecule is CC(C)[C@H]1COC(c2ccc(F)c(F)c2)=N1. The van der Waals surface area contributed by atoms with Crippen molar-refractivity contribution >= 4 is 5.90 Å². The first-order chi connectivity index (χ1) is 7.58. The van der Waals surface area contributed by atoms with Gasteiger partial charge in [-0.05, 0) is 24.1 Å². The quantitative estimate of drug-likeness (QED) is 0.758. The van der Waals surface area contributed by atoms with E-state index in [2.05, 4.69) is 4.99 Å². The van der Waals surface area contributed by atoms with Crippen LogP contribution in [-0.4, -0.2) is 18.5 Å². The lowest BCUT2D eigenvalue weighted by Crippen LogP contribution is -2.13. The average molecular weight is 225 g/mol. The molecule has 1 heterocycles. The molecule has 0 bridgehead atoms. The first-order valence-electron chi connectivity index (χ1n) is 5.24. The Kier molecular flexibility index (Phi) is 2.90. The van der Waals surface area contributed by atoms with Gasteiger partial charge in [0.25, 0.3) is 0 Å². The number of hydrogen-bond donors (Lipinski definition) is 0. The lowest BCUT2D eigenvalue weighted by molar-refractivity contribution is 0.291. The molecule has 0 amide bonds. The molecule has 1 aromatic rings. The predicted octanol–water partition coefficient (Wildman–Crippen LogP) is 2.77. The van der Waals surface area contributed by atoms with Gasteiger partial charge in [0.15, 0.2) is 11.6 Å². The van der Waals surface area contributed by atoms with Crippen LogP contribution in [0.2, 0.25) is 0 Å². The Morgan fingerprint density at radius 1 is 1.31 bits per heavy atom. The molecular formula is C12H13F2NO. The van der Waals surface area contributed by atoms with Gasteiger partial charge in [0.2, 0.25) is 5.90 Å². The highest BCUT2D eigenvalue weighted by Crippen LogP contribution is 2.18. The highest BCUT2D eigenvalue weighted by molar-refractivity contribution is 5.95. The molecule has 0 aliphatic carbocycles. The van der Waals surface area contributed by atoms with E-state index in [0.29, 0.717) is 24.0 Å². The summed E-state index contributed by atoms with van der Waals surface area (Å²) >= 11 is 0. The van der Waals surface area contributed by atoms with Crippen LogP contribution in [0.3, 0.4) is 0 Å². The van der Waals surface area contributed by atoms with Gasteiger partial charge < -0.3 is 4.74 Å². The Bertz CT molecular complexity index is 429. The summed E-state index contributed by atoms with van der Waals surface area (Å²) in [7, 11) is 0. The summed E-state index contributed by atoms with van der Waals surface area (Å²) in [5.74, 6) is -0.958. The van der Waals surface area contributed by atoms with E-state index in [9.17, 15) is 8.78 Å². The molecule has 1 aliphatic rings. The molecule has 2 nitrogen and oxygen atoms in total. The van der Waals surface area contributed by atoms with Crippen LogP contribution in [0.15, 0.2) is 23.2 Å². The minimum absolute atomic E-state index is 0.100. The van der Waals surface area contributed by atoms with E-state index < -0.39 is 11.6 Å². The van der Waals surface area contributed by atoms with Crippen molar-refractivity contribution in [1.29, 1.82) is 0 Å². The summed E-state index contributed by atoms with van der Waals surface area (Å²) in [6, 6.07) is 3.76. The number of halogens is 2. The van der Waals surface area contributed by atoms with Crippen molar-refractivity contribution in [3.8, 4) is 0 Å². The number of nitrogens with zero attached hydrogens (tertiary/aromatic N) is 1. The normalized spacial score (nSPS) is 19.8. The van der Waals surface area contributed by atoms with Crippen molar-refractivity contribution in [3.05, 3.63) is 35.4 Å². The Morgan fingerprint density at radius 2 is 2.06 bits per heavy atom. The summed E-state index contributed by atoms with van der Waals surface area (Å²) in [6.45, 7) is 4.60. The molecule has 0 N–H and O–H groups in total. The standard InChI is InChI=1S/C12H13F2NO/c1-7(2)11-6-16-12(15-11)8-3-4-9(13)10(14)5-8/h3-5,7,11H,6H2,1-2H3/t11-/m1/s1. The maximum Gasteiger partial charge on any atom is 0.216 e. The molecule has 1 aliphatic heterocycles. The largest absolute Gasteiger partial charge is 0.475 e. The highest BCUT2D eigenvalue weighted by atomic mass is 19.2. The molecule has 2 rings (SSSR count). The van der Waals surface area contributed by atoms with Gasteiger partial charge in [-0.15, -0.1) is 0 Å². The minimum atomic E-state index is -0.878. The van der Waals surface area contributed by atoms with Gasteiger partial charge in [-0.25, -0.2) is 13.8 Å². The Morgan fingerprint density at radius 3 is 2.62 bits per heavy atom. The van der Waals surface area contributed by atoms with E-state index in [1.54, 1.807) is 0 Å². The molecule has 4 heteroatoms. The third-order valence-electron chi connectivity index (χ3n) is 2.61. The fourth-order valence-electron chi connectivity index (χ4n) is 1.52. The Balaban J connectivity index is 2.25. The van der Waals surface area contributed by atoms with Gasteiger partial charge in [-0.3, -0.25) is 0 Å². The second-order valence-electron chi connectivity index (χ2n) is 4.19. The summed E-state index contributed by atoms with van der Waals surface area (Å²) in [5, 5.41) is 0. The maximum atomic E-state index is 13.0. The number of hydrogen-bond acceptors (Lipinski definition) is 2. The van der Waals surface area contributed by atoms with Gasteiger partial charge >= 0.3 is 0 Å². The Hall–Kier alpha value is -1.45. The van der Waals surface area contributed by atoms with Crippen LogP contribution in [-0.2, 0) is 4.74 Å². The number of benzene rings is 1. The molecule has 0 spiro atoms. The third kappa shape index (κ3) is 2.05. The van der Waals surface area contributed by atoms with Crippen LogP contribution in [0.5, 0.6) is 0 Å². The molecule has 16 heavy (non-hydrogen) atoms. The molecule has 0 saturated carbocycles. The van der Waals surface area contributed by atoms with Gasteiger partial charge in [0.05, 0.1) is 6.04 Å². The number of aliphatic imine (C=N–C) groups is 1. The van der Waals surface area contributed by atoms with Crippen LogP contribution in [0, 0.1) is 17.6 Å². The van der Waals surface area contributed by atoms with E-state index in [1.165, 1.54) is 6.07 Å². The minimum Gasteiger partial charge on any atom is -0.475 e. The first-order valence-corrected chi connectivity index (χ1v) is 5.24. The monoisotopic (exact) mass is 225 g/mol. The summed E-state index contributed by atoms with van der Waals surface area (Å²) in [4.78, 5) is 4.33. The van der Waals surface area contributed by atoms with Gasteiger partial charge in [0.1, 0.15) is 6.61 Å². The van der Waals surface area contributed by atoms with Crippen molar-refractivity contribution in [2.45, 2.75) is 19.9 Å². The molecule has 0 unspecified atom stereocenters. The maximum absolute atomic E-state index is 13.0. The third-order valence-corrected chi connectivity index (χ3v) is 2.61. The summed E-state index contributed by atoms with van der Waals surface area (Å²) in [5.41, 5.74) is 0.488. The van der Waals surface area contributed by atoms with Crippen molar-refractivity contribution in [3.63, 3.8) is 0 Å².